The summed E-state index contributed by atoms with van der Waals surface area (Å²) >= 11 is 1.09. The van der Waals surface area contributed by atoms with Crippen LogP contribution in [-0.2, 0) is 14.8 Å². The first-order valence-corrected chi connectivity index (χ1v) is 14.6. The molecule has 0 aliphatic carbocycles. The van der Waals surface area contributed by atoms with Crippen LogP contribution >= 0.6 is 11.3 Å². The van der Waals surface area contributed by atoms with Gasteiger partial charge in [-0.2, -0.15) is 4.31 Å². The number of piperazine rings is 2. The fourth-order valence-electron chi connectivity index (χ4n) is 4.93. The van der Waals surface area contributed by atoms with Crippen molar-refractivity contribution in [1.29, 1.82) is 0 Å². The van der Waals surface area contributed by atoms with Crippen molar-refractivity contribution in [2.75, 3.05) is 42.5 Å². The second kappa shape index (κ2) is 10.4. The highest BCUT2D eigenvalue weighted by molar-refractivity contribution is 7.89. The summed E-state index contributed by atoms with van der Waals surface area (Å²) in [6, 6.07) is 14.0. The zero-order chi connectivity index (χ0) is 27.0. The molecule has 200 valence electrons. The molecule has 1 amide bonds. The Kier molecular flexibility index (Phi) is 7.23. The lowest BCUT2D eigenvalue weighted by atomic mass is 10.1. The van der Waals surface area contributed by atoms with Crippen molar-refractivity contribution in [3.05, 3.63) is 59.6 Å². The predicted octanol–water partition coefficient (Wildman–Crippen LogP) is 2.73. The number of carbonyl (C=O) groups is 2. The lowest BCUT2D eigenvalue weighted by Gasteiger charge is -2.38. The lowest BCUT2D eigenvalue weighted by Crippen LogP contribution is -2.57. The topological polar surface area (TPSA) is 123 Å². The largest absolute Gasteiger partial charge is 0.477 e. The van der Waals surface area contributed by atoms with Gasteiger partial charge in [-0.3, -0.25) is 4.79 Å². The molecule has 2 saturated heterocycles. The molecule has 0 spiro atoms. The maximum absolute atomic E-state index is 13.4. The molecule has 2 aliphatic heterocycles. The van der Waals surface area contributed by atoms with Gasteiger partial charge in [0.25, 0.3) is 0 Å². The van der Waals surface area contributed by atoms with Gasteiger partial charge in [0.1, 0.15) is 15.6 Å². The number of sulfonamides is 1. The summed E-state index contributed by atoms with van der Waals surface area (Å²) in [5.41, 5.74) is 1.13. The van der Waals surface area contributed by atoms with E-state index in [1.54, 1.807) is 19.1 Å². The molecule has 2 N–H and O–H groups in total. The third-order valence-electron chi connectivity index (χ3n) is 6.76. The Hall–Kier alpha value is -3.32. The number of amides is 1. The van der Waals surface area contributed by atoms with Crippen molar-refractivity contribution in [1.82, 2.24) is 14.6 Å². The van der Waals surface area contributed by atoms with Gasteiger partial charge in [-0.25, -0.2) is 18.2 Å². The summed E-state index contributed by atoms with van der Waals surface area (Å²) in [7, 11) is -3.98. The molecule has 12 heteroatoms. The fraction of sp³-hybridized carbons (Fsp3) is 0.346. The van der Waals surface area contributed by atoms with E-state index in [0.29, 0.717) is 11.9 Å². The van der Waals surface area contributed by atoms with E-state index in [2.05, 4.69) is 22.1 Å². The van der Waals surface area contributed by atoms with Gasteiger partial charge in [-0.1, -0.05) is 30.3 Å². The molecule has 2 fully saturated rings. The van der Waals surface area contributed by atoms with Crippen LogP contribution in [0.1, 0.15) is 23.5 Å². The van der Waals surface area contributed by atoms with E-state index < -0.39 is 27.9 Å². The number of rotatable bonds is 6. The summed E-state index contributed by atoms with van der Waals surface area (Å²) in [5, 5.41) is 13.2. The second-order valence-corrected chi connectivity index (χ2v) is 12.5. The van der Waals surface area contributed by atoms with Gasteiger partial charge in [-0.05, 0) is 37.6 Å². The van der Waals surface area contributed by atoms with Gasteiger partial charge in [0.15, 0.2) is 0 Å². The van der Waals surface area contributed by atoms with Crippen molar-refractivity contribution in [3.63, 3.8) is 0 Å². The molecular weight excluding hydrogens is 526 g/mol. The number of hydrogen-bond donors (Lipinski definition) is 2. The number of pyridine rings is 1. The molecule has 0 bridgehead atoms. The predicted molar refractivity (Wildman–Crippen MR) is 146 cm³/mol. The number of benzene rings is 1. The molecule has 2 aliphatic rings. The minimum Gasteiger partial charge on any atom is -0.477 e. The average Bonchev–Trinajstić information content (AvgIpc) is 3.34. The number of carbonyl (C=O) groups excluding carboxylic acids is 1. The number of nitrogens with zero attached hydrogens (tertiary/aromatic N) is 4. The standard InChI is InChI=1S/C26H29N5O5S2/c1-17-14-29(11-10-27-17)23-9-8-20(13-28-23)38(35,36)30-15-18(2)31(24(32)16-30)21-12-22(37-25(21)26(33)34)19-6-4-3-5-7-19/h3-9,12-13,17-18,27H,10-11,14-16H2,1-2H3,(H,33,34)/t17-,18-/m1/s1. The number of nitrogens with one attached hydrogen (secondary N) is 1. The molecule has 5 rings (SSSR count). The van der Waals surface area contributed by atoms with E-state index in [1.165, 1.54) is 17.2 Å². The molecule has 0 saturated carbocycles. The van der Waals surface area contributed by atoms with Crippen LogP contribution in [0.2, 0.25) is 0 Å². The van der Waals surface area contributed by atoms with Crippen molar-refractivity contribution in [3.8, 4) is 10.4 Å². The number of hydrogen-bond acceptors (Lipinski definition) is 8. The third-order valence-corrected chi connectivity index (χ3v) is 9.72. The number of aromatic carboxylic acids is 1. The van der Waals surface area contributed by atoms with Crippen LogP contribution in [0, 0.1) is 0 Å². The van der Waals surface area contributed by atoms with Gasteiger partial charge in [0.2, 0.25) is 15.9 Å². The minimum absolute atomic E-state index is 0.0194. The maximum Gasteiger partial charge on any atom is 0.348 e. The van der Waals surface area contributed by atoms with Crippen LogP contribution in [0.4, 0.5) is 11.5 Å². The molecular formula is C26H29N5O5S2. The first kappa shape index (κ1) is 26.3. The average molecular weight is 556 g/mol. The molecule has 3 aromatic rings. The van der Waals surface area contributed by atoms with E-state index in [9.17, 15) is 23.1 Å². The van der Waals surface area contributed by atoms with Crippen LogP contribution < -0.4 is 15.1 Å². The Bertz CT molecular complexity index is 1440. The van der Waals surface area contributed by atoms with Crippen molar-refractivity contribution in [2.45, 2.75) is 30.8 Å². The Morgan fingerprint density at radius 1 is 1.13 bits per heavy atom. The fourth-order valence-corrected chi connectivity index (χ4v) is 7.34. The summed E-state index contributed by atoms with van der Waals surface area (Å²) in [4.78, 5) is 34.0. The van der Waals surface area contributed by atoms with Gasteiger partial charge in [0.05, 0.1) is 12.2 Å². The number of thiophene rings is 1. The molecule has 2 aromatic heterocycles. The van der Waals surface area contributed by atoms with Gasteiger partial charge in [0, 0.05) is 49.3 Å². The van der Waals surface area contributed by atoms with Crippen molar-refractivity contribution >= 4 is 44.7 Å². The highest BCUT2D eigenvalue weighted by Gasteiger charge is 2.39. The molecule has 0 radical (unpaired) electrons. The molecule has 1 aromatic carbocycles. The SMILES string of the molecule is C[C@@H]1CN(c2ccc(S(=O)(=O)N3CC(=O)N(c4cc(-c5ccccc5)sc4C(=O)O)[C@H](C)C3)cn2)CCN1. The van der Waals surface area contributed by atoms with Crippen molar-refractivity contribution in [2.24, 2.45) is 0 Å². The van der Waals surface area contributed by atoms with E-state index >= 15 is 0 Å². The van der Waals surface area contributed by atoms with Crippen LogP contribution in [0.15, 0.2) is 59.6 Å². The molecule has 38 heavy (non-hydrogen) atoms. The Morgan fingerprint density at radius 2 is 1.89 bits per heavy atom. The number of aromatic nitrogens is 1. The van der Waals surface area contributed by atoms with Crippen LogP contribution in [-0.4, -0.2) is 79.5 Å². The summed E-state index contributed by atoms with van der Waals surface area (Å²) in [6.45, 7) is 5.83. The minimum atomic E-state index is -3.98. The molecule has 0 unspecified atom stereocenters. The Labute approximate surface area is 225 Å². The highest BCUT2D eigenvalue weighted by Crippen LogP contribution is 2.39. The lowest BCUT2D eigenvalue weighted by molar-refractivity contribution is -0.120. The summed E-state index contributed by atoms with van der Waals surface area (Å²) < 4.78 is 28.0. The zero-order valence-corrected chi connectivity index (χ0v) is 22.7. The molecule has 4 heterocycles. The first-order chi connectivity index (χ1) is 18.1. The normalized spacial score (nSPS) is 21.1. The first-order valence-electron chi connectivity index (χ1n) is 12.3. The zero-order valence-electron chi connectivity index (χ0n) is 21.1. The maximum atomic E-state index is 13.4. The van der Waals surface area contributed by atoms with Crippen LogP contribution in [0.3, 0.4) is 0 Å². The van der Waals surface area contributed by atoms with E-state index in [1.807, 2.05) is 30.3 Å². The Balaban J connectivity index is 1.37. The van der Waals surface area contributed by atoms with E-state index in [-0.39, 0.29) is 28.5 Å². The van der Waals surface area contributed by atoms with Gasteiger partial charge < -0.3 is 20.2 Å². The monoisotopic (exact) mass is 555 g/mol. The molecule has 2 atom stereocenters. The van der Waals surface area contributed by atoms with Gasteiger partial charge in [-0.15, -0.1) is 11.3 Å². The van der Waals surface area contributed by atoms with Crippen LogP contribution in [0.25, 0.3) is 10.4 Å². The number of anilines is 2. The highest BCUT2D eigenvalue weighted by atomic mass is 32.2. The third kappa shape index (κ3) is 5.04. The smallest absolute Gasteiger partial charge is 0.348 e. The van der Waals surface area contributed by atoms with E-state index in [4.69, 9.17) is 0 Å². The summed E-state index contributed by atoms with van der Waals surface area (Å²) in [5.74, 6) is -0.904. The molecule has 10 nitrogen and oxygen atoms in total. The number of carboxylic acids is 1. The van der Waals surface area contributed by atoms with E-state index in [0.717, 1.165) is 45.7 Å². The van der Waals surface area contributed by atoms with Gasteiger partial charge >= 0.3 is 5.97 Å². The second-order valence-electron chi connectivity index (χ2n) is 9.56. The van der Waals surface area contributed by atoms with Crippen molar-refractivity contribution < 1.29 is 23.1 Å². The Morgan fingerprint density at radius 3 is 2.53 bits per heavy atom. The summed E-state index contributed by atoms with van der Waals surface area (Å²) in [6.07, 6.45) is 1.34. The van der Waals surface area contributed by atoms with Crippen LogP contribution in [0.5, 0.6) is 0 Å². The quantitative estimate of drug-likeness (QED) is 0.476. The number of carboxylic acid groups (broad SMARTS) is 1.